The zero-order valence-electron chi connectivity index (χ0n) is 20.0. The van der Waals surface area contributed by atoms with Gasteiger partial charge in [-0.05, 0) is 58.7 Å². The molecule has 1 aromatic heterocycles. The van der Waals surface area contributed by atoms with Crippen molar-refractivity contribution in [3.8, 4) is 22.5 Å². The van der Waals surface area contributed by atoms with E-state index in [1.165, 1.54) is 19.3 Å². The van der Waals surface area contributed by atoms with Gasteiger partial charge in [0.1, 0.15) is 0 Å². The molecule has 9 heteroatoms. The first-order chi connectivity index (χ1) is 17.6. The number of nitrogens with zero attached hydrogens (tertiary/aromatic N) is 4. The van der Waals surface area contributed by atoms with Gasteiger partial charge >= 0.3 is 6.03 Å². The first-order valence-electron chi connectivity index (χ1n) is 12.1. The monoisotopic (exact) mass is 501 g/mol. The summed E-state index contributed by atoms with van der Waals surface area (Å²) < 4.78 is 0. The number of halogens is 1. The van der Waals surface area contributed by atoms with E-state index in [1.807, 2.05) is 42.5 Å². The Balaban J connectivity index is 1.51. The number of hydrogen-bond acceptors (Lipinski definition) is 5. The average Bonchev–Trinajstić information content (AvgIpc) is 3.45. The molecule has 2 amide bonds. The van der Waals surface area contributed by atoms with E-state index in [-0.39, 0.29) is 6.03 Å². The van der Waals surface area contributed by atoms with Crippen LogP contribution in [0.2, 0.25) is 5.02 Å². The van der Waals surface area contributed by atoms with E-state index in [9.17, 15) is 4.79 Å². The molecule has 4 aromatic rings. The van der Waals surface area contributed by atoms with Gasteiger partial charge in [-0.1, -0.05) is 73.3 Å². The van der Waals surface area contributed by atoms with Crippen molar-refractivity contribution in [1.29, 1.82) is 0 Å². The second-order valence-corrected chi connectivity index (χ2v) is 9.40. The Morgan fingerprint density at radius 2 is 1.67 bits per heavy atom. The van der Waals surface area contributed by atoms with Gasteiger partial charge in [0.05, 0.1) is 22.1 Å². The molecule has 0 saturated heterocycles. The molecule has 184 valence electrons. The molecule has 1 aliphatic carbocycles. The lowest BCUT2D eigenvalue weighted by molar-refractivity contribution is 0.262. The molecule has 1 aliphatic rings. The third kappa shape index (κ3) is 5.18. The number of tetrazole rings is 1. The van der Waals surface area contributed by atoms with Gasteiger partial charge in [0.25, 0.3) is 0 Å². The number of aromatic nitrogens is 4. The first kappa shape index (κ1) is 23.8. The maximum atomic E-state index is 13.1. The van der Waals surface area contributed by atoms with Gasteiger partial charge in [0.2, 0.25) is 0 Å². The van der Waals surface area contributed by atoms with E-state index < -0.39 is 0 Å². The number of anilines is 3. The fourth-order valence-corrected chi connectivity index (χ4v) is 5.01. The van der Waals surface area contributed by atoms with Crippen LogP contribution in [0, 0.1) is 0 Å². The highest BCUT2D eigenvalue weighted by Crippen LogP contribution is 2.37. The van der Waals surface area contributed by atoms with Gasteiger partial charge in [0.15, 0.2) is 5.82 Å². The number of rotatable bonds is 6. The summed E-state index contributed by atoms with van der Waals surface area (Å²) in [7, 11) is 2.11. The highest BCUT2D eigenvalue weighted by atomic mass is 35.5. The fraction of sp³-hybridized carbons (Fsp3) is 0.259. The Labute approximate surface area is 215 Å². The summed E-state index contributed by atoms with van der Waals surface area (Å²) in [5.74, 6) is 0.583. The lowest BCUT2D eigenvalue weighted by Crippen LogP contribution is -2.34. The number of urea groups is 1. The summed E-state index contributed by atoms with van der Waals surface area (Å²) in [6.07, 6.45) is 6.01. The Kier molecular flexibility index (Phi) is 7.13. The largest absolute Gasteiger partial charge is 0.370 e. The predicted octanol–water partition coefficient (Wildman–Crippen LogP) is 6.60. The molecule has 0 radical (unpaired) electrons. The molecule has 0 spiro atoms. The quantitative estimate of drug-likeness (QED) is 0.276. The van der Waals surface area contributed by atoms with E-state index in [0.717, 1.165) is 40.9 Å². The van der Waals surface area contributed by atoms with Crippen LogP contribution in [0.15, 0.2) is 66.7 Å². The predicted molar refractivity (Wildman–Crippen MR) is 144 cm³/mol. The molecular weight excluding hydrogens is 474 g/mol. The topological polar surface area (TPSA) is 98.8 Å². The summed E-state index contributed by atoms with van der Waals surface area (Å²) in [6.45, 7) is 0. The molecule has 0 bridgehead atoms. The van der Waals surface area contributed by atoms with Crippen LogP contribution in [0.5, 0.6) is 0 Å². The minimum Gasteiger partial charge on any atom is -0.370 e. The summed E-state index contributed by atoms with van der Waals surface area (Å²) in [5.41, 5.74) is 5.02. The van der Waals surface area contributed by atoms with Crippen molar-refractivity contribution < 1.29 is 4.79 Å². The number of nitrogens with one attached hydrogen (secondary N) is 3. The third-order valence-electron chi connectivity index (χ3n) is 6.71. The van der Waals surface area contributed by atoms with Crippen molar-refractivity contribution in [2.75, 3.05) is 22.6 Å². The third-order valence-corrected chi connectivity index (χ3v) is 7.04. The summed E-state index contributed by atoms with van der Waals surface area (Å²) in [5, 5.41) is 20.8. The Hall–Kier alpha value is -3.91. The van der Waals surface area contributed by atoms with Crippen LogP contribution in [0.4, 0.5) is 21.9 Å². The van der Waals surface area contributed by atoms with E-state index in [0.29, 0.717) is 22.6 Å². The second-order valence-electron chi connectivity index (χ2n) is 8.99. The average molecular weight is 502 g/mol. The number of amides is 2. The fourth-order valence-electron chi connectivity index (χ4n) is 4.83. The molecule has 0 aliphatic heterocycles. The molecule has 1 heterocycles. The van der Waals surface area contributed by atoms with Crippen LogP contribution in [0.1, 0.15) is 32.1 Å². The van der Waals surface area contributed by atoms with Gasteiger partial charge in [-0.3, -0.25) is 0 Å². The molecule has 3 aromatic carbocycles. The number of benzene rings is 3. The Morgan fingerprint density at radius 1 is 0.944 bits per heavy atom. The molecule has 36 heavy (non-hydrogen) atoms. The minimum absolute atomic E-state index is 0.355. The Bertz CT molecular complexity index is 1340. The van der Waals surface area contributed by atoms with Gasteiger partial charge in [-0.15, -0.1) is 5.10 Å². The number of hydrogen-bond donors (Lipinski definition) is 3. The normalized spacial score (nSPS) is 13.8. The van der Waals surface area contributed by atoms with E-state index in [1.54, 1.807) is 12.1 Å². The molecule has 0 atom stereocenters. The van der Waals surface area contributed by atoms with E-state index >= 15 is 0 Å². The number of carbonyl (C=O) groups is 1. The summed E-state index contributed by atoms with van der Waals surface area (Å²) >= 11 is 6.26. The van der Waals surface area contributed by atoms with Crippen LogP contribution in [0.25, 0.3) is 22.5 Å². The van der Waals surface area contributed by atoms with Crippen molar-refractivity contribution >= 4 is 34.7 Å². The number of H-pyrrole nitrogens is 1. The highest BCUT2D eigenvalue weighted by Gasteiger charge is 2.22. The first-order valence-corrected chi connectivity index (χ1v) is 12.5. The van der Waals surface area contributed by atoms with Crippen molar-refractivity contribution in [2.24, 2.45) is 0 Å². The second kappa shape index (κ2) is 10.8. The van der Waals surface area contributed by atoms with Crippen LogP contribution < -0.4 is 15.5 Å². The summed E-state index contributed by atoms with van der Waals surface area (Å²) in [6, 6.07) is 21.3. The lowest BCUT2D eigenvalue weighted by atomic mass is 9.93. The summed E-state index contributed by atoms with van der Waals surface area (Å²) in [4.78, 5) is 15.3. The molecule has 1 saturated carbocycles. The van der Waals surface area contributed by atoms with Gasteiger partial charge < -0.3 is 15.5 Å². The number of carbonyl (C=O) groups excluding carboxylic acids is 1. The van der Waals surface area contributed by atoms with Gasteiger partial charge in [0, 0.05) is 18.7 Å². The van der Waals surface area contributed by atoms with Crippen LogP contribution in [-0.4, -0.2) is 39.7 Å². The van der Waals surface area contributed by atoms with Gasteiger partial charge in [-0.25, -0.2) is 9.89 Å². The van der Waals surface area contributed by atoms with Crippen molar-refractivity contribution in [3.63, 3.8) is 0 Å². The van der Waals surface area contributed by atoms with Crippen molar-refractivity contribution in [1.82, 2.24) is 20.6 Å². The van der Waals surface area contributed by atoms with E-state index in [2.05, 4.69) is 55.3 Å². The lowest BCUT2D eigenvalue weighted by Gasteiger charge is -2.34. The van der Waals surface area contributed by atoms with E-state index in [4.69, 9.17) is 11.6 Å². The van der Waals surface area contributed by atoms with Crippen LogP contribution in [-0.2, 0) is 0 Å². The maximum Gasteiger partial charge on any atom is 0.323 e. The van der Waals surface area contributed by atoms with Crippen LogP contribution in [0.3, 0.4) is 0 Å². The molecule has 0 unspecified atom stereocenters. The van der Waals surface area contributed by atoms with Crippen molar-refractivity contribution in [2.45, 2.75) is 38.1 Å². The molecular formula is C27H28ClN7O. The SMILES string of the molecule is CN(c1ccc(-c2ccccc2-c2nnn[nH]2)cc1NC(=O)Nc1ccccc1Cl)C1CCCCC1. The zero-order valence-corrected chi connectivity index (χ0v) is 20.8. The zero-order chi connectivity index (χ0) is 24.9. The number of para-hydroxylation sites is 1. The molecule has 1 fully saturated rings. The standard InChI is InChI=1S/C27H28ClN7O/c1-35(19-9-3-2-4-10-19)25-16-15-18(20-11-5-6-12-21(20)26-31-33-34-32-26)17-24(25)30-27(36)29-23-14-8-7-13-22(23)28/h5-8,11-17,19H,2-4,9-10H2,1H3,(H2,29,30,36)(H,31,32,33,34). The molecule has 5 rings (SSSR count). The minimum atomic E-state index is -0.355. The molecule has 8 nitrogen and oxygen atoms in total. The maximum absolute atomic E-state index is 13.1. The van der Waals surface area contributed by atoms with Gasteiger partial charge in [-0.2, -0.15) is 0 Å². The van der Waals surface area contributed by atoms with Crippen LogP contribution >= 0.6 is 11.6 Å². The number of aromatic amines is 1. The highest BCUT2D eigenvalue weighted by molar-refractivity contribution is 6.33. The Morgan fingerprint density at radius 3 is 2.42 bits per heavy atom. The van der Waals surface area contributed by atoms with Crippen molar-refractivity contribution in [3.05, 3.63) is 71.8 Å². The molecule has 3 N–H and O–H groups in total. The smallest absolute Gasteiger partial charge is 0.323 e.